The van der Waals surface area contributed by atoms with Crippen molar-refractivity contribution in [2.45, 2.75) is 23.3 Å². The molecule has 5 aromatic rings. The Labute approximate surface area is 238 Å². The van der Waals surface area contributed by atoms with Crippen LogP contribution < -0.4 is 10.6 Å². The SMILES string of the molecule is Cc1cccc(NC(=O)CSc2nc3ccc(NC(=O)CSc4nnc(-c5ccccc5)n4C)cc3s2)c1C. The first-order valence-electron chi connectivity index (χ1n) is 12.1. The zero-order chi connectivity index (χ0) is 27.4. The molecule has 0 fully saturated rings. The summed E-state index contributed by atoms with van der Waals surface area (Å²) in [5.41, 5.74) is 5.54. The summed E-state index contributed by atoms with van der Waals surface area (Å²) in [7, 11) is 1.89. The fourth-order valence-corrected chi connectivity index (χ4v) is 6.47. The van der Waals surface area contributed by atoms with Gasteiger partial charge in [-0.05, 0) is 49.2 Å². The summed E-state index contributed by atoms with van der Waals surface area (Å²) in [6, 6.07) is 21.3. The van der Waals surface area contributed by atoms with Gasteiger partial charge in [-0.3, -0.25) is 9.59 Å². The van der Waals surface area contributed by atoms with Crippen molar-refractivity contribution in [3.05, 3.63) is 77.9 Å². The van der Waals surface area contributed by atoms with Gasteiger partial charge in [0.05, 0.1) is 21.7 Å². The number of thioether (sulfide) groups is 2. The molecule has 0 spiro atoms. The van der Waals surface area contributed by atoms with Crippen LogP contribution in [0.25, 0.3) is 21.6 Å². The molecule has 0 radical (unpaired) electrons. The van der Waals surface area contributed by atoms with Crippen LogP contribution in [0.2, 0.25) is 0 Å². The molecule has 0 saturated heterocycles. The van der Waals surface area contributed by atoms with E-state index < -0.39 is 0 Å². The molecule has 0 unspecified atom stereocenters. The van der Waals surface area contributed by atoms with Crippen molar-refractivity contribution < 1.29 is 9.59 Å². The second-order valence-corrected chi connectivity index (χ2v) is 12.0. The zero-order valence-corrected chi connectivity index (χ0v) is 24.0. The summed E-state index contributed by atoms with van der Waals surface area (Å²) in [5, 5.41) is 15.1. The minimum Gasteiger partial charge on any atom is -0.325 e. The first-order chi connectivity index (χ1) is 18.9. The average molecular weight is 575 g/mol. The normalized spacial score (nSPS) is 11.1. The highest BCUT2D eigenvalue weighted by Crippen LogP contribution is 2.32. The number of benzene rings is 3. The molecule has 11 heteroatoms. The summed E-state index contributed by atoms with van der Waals surface area (Å²) in [6.45, 7) is 4.02. The van der Waals surface area contributed by atoms with E-state index in [2.05, 4.69) is 25.8 Å². The first-order valence-corrected chi connectivity index (χ1v) is 14.9. The van der Waals surface area contributed by atoms with Crippen molar-refractivity contribution in [1.29, 1.82) is 0 Å². The Morgan fingerprint density at radius 3 is 2.49 bits per heavy atom. The Hall–Kier alpha value is -3.67. The number of aromatic nitrogens is 4. The molecule has 3 aromatic carbocycles. The number of nitrogens with zero attached hydrogens (tertiary/aromatic N) is 4. The number of amides is 2. The van der Waals surface area contributed by atoms with Gasteiger partial charge in [0.1, 0.15) is 0 Å². The van der Waals surface area contributed by atoms with Crippen LogP contribution in [-0.2, 0) is 16.6 Å². The summed E-state index contributed by atoms with van der Waals surface area (Å²) in [6.07, 6.45) is 0. The molecule has 39 heavy (non-hydrogen) atoms. The summed E-state index contributed by atoms with van der Waals surface area (Å²) in [5.74, 6) is 1.02. The predicted molar refractivity (Wildman–Crippen MR) is 161 cm³/mol. The third kappa shape index (κ3) is 6.49. The van der Waals surface area contributed by atoms with E-state index in [-0.39, 0.29) is 23.3 Å². The number of fused-ring (bicyclic) bond motifs is 1. The van der Waals surface area contributed by atoms with Gasteiger partial charge >= 0.3 is 0 Å². The maximum absolute atomic E-state index is 12.6. The van der Waals surface area contributed by atoms with Gasteiger partial charge in [0.25, 0.3) is 0 Å². The number of thiazole rings is 1. The van der Waals surface area contributed by atoms with Crippen LogP contribution in [0.5, 0.6) is 0 Å². The molecule has 2 N–H and O–H groups in total. The zero-order valence-electron chi connectivity index (χ0n) is 21.6. The van der Waals surface area contributed by atoms with Crippen molar-refractivity contribution >= 4 is 68.3 Å². The third-order valence-electron chi connectivity index (χ3n) is 6.06. The Kier molecular flexibility index (Phi) is 8.30. The number of hydrogen-bond acceptors (Lipinski definition) is 8. The van der Waals surface area contributed by atoms with Gasteiger partial charge < -0.3 is 15.2 Å². The van der Waals surface area contributed by atoms with Crippen LogP contribution in [-0.4, -0.2) is 43.1 Å². The molecular formula is C28H26N6O2S3. The van der Waals surface area contributed by atoms with E-state index >= 15 is 0 Å². The van der Waals surface area contributed by atoms with Gasteiger partial charge in [0, 0.05) is 24.0 Å². The molecule has 5 rings (SSSR count). The van der Waals surface area contributed by atoms with Crippen LogP contribution in [0.1, 0.15) is 11.1 Å². The molecule has 2 heterocycles. The number of rotatable bonds is 9. The van der Waals surface area contributed by atoms with Crippen molar-refractivity contribution in [2.24, 2.45) is 7.05 Å². The Bertz CT molecular complexity index is 1650. The minimum atomic E-state index is -0.133. The first kappa shape index (κ1) is 26.9. The Morgan fingerprint density at radius 1 is 0.897 bits per heavy atom. The molecule has 2 amide bonds. The number of carbonyl (C=O) groups is 2. The van der Waals surface area contributed by atoms with Crippen LogP contribution in [0, 0.1) is 13.8 Å². The number of aryl methyl sites for hydroxylation is 1. The Balaban J connectivity index is 1.15. The number of anilines is 2. The molecule has 2 aromatic heterocycles. The molecule has 0 aliphatic carbocycles. The highest BCUT2D eigenvalue weighted by Gasteiger charge is 2.14. The van der Waals surface area contributed by atoms with Gasteiger partial charge in [0.2, 0.25) is 11.8 Å². The molecule has 0 saturated carbocycles. The Morgan fingerprint density at radius 2 is 1.67 bits per heavy atom. The van der Waals surface area contributed by atoms with Crippen LogP contribution in [0.3, 0.4) is 0 Å². The van der Waals surface area contributed by atoms with E-state index in [4.69, 9.17) is 0 Å². The van der Waals surface area contributed by atoms with Crippen LogP contribution >= 0.6 is 34.9 Å². The lowest BCUT2D eigenvalue weighted by atomic mass is 10.1. The largest absolute Gasteiger partial charge is 0.325 e. The number of nitrogens with one attached hydrogen (secondary N) is 2. The second-order valence-electron chi connectivity index (χ2n) is 8.81. The van der Waals surface area contributed by atoms with Gasteiger partial charge in [0.15, 0.2) is 15.3 Å². The highest BCUT2D eigenvalue weighted by atomic mass is 32.2. The van der Waals surface area contributed by atoms with Gasteiger partial charge in [-0.25, -0.2) is 4.98 Å². The van der Waals surface area contributed by atoms with E-state index in [1.807, 2.05) is 92.2 Å². The van der Waals surface area contributed by atoms with Gasteiger partial charge in [-0.15, -0.1) is 21.5 Å². The van der Waals surface area contributed by atoms with E-state index in [1.54, 1.807) is 0 Å². The van der Waals surface area contributed by atoms with Crippen LogP contribution in [0.4, 0.5) is 11.4 Å². The number of hydrogen-bond donors (Lipinski definition) is 2. The van der Waals surface area contributed by atoms with E-state index in [0.717, 1.165) is 42.8 Å². The second kappa shape index (κ2) is 12.0. The lowest BCUT2D eigenvalue weighted by Crippen LogP contribution is -2.15. The van der Waals surface area contributed by atoms with E-state index in [1.165, 1.54) is 34.9 Å². The van der Waals surface area contributed by atoms with E-state index in [9.17, 15) is 9.59 Å². The molecule has 0 bridgehead atoms. The fraction of sp³-hybridized carbons (Fsp3) is 0.179. The number of carbonyl (C=O) groups excluding carboxylic acids is 2. The topological polar surface area (TPSA) is 102 Å². The maximum Gasteiger partial charge on any atom is 0.234 e. The molecule has 198 valence electrons. The van der Waals surface area contributed by atoms with Gasteiger partial charge in [-0.2, -0.15) is 0 Å². The summed E-state index contributed by atoms with van der Waals surface area (Å²) in [4.78, 5) is 29.7. The highest BCUT2D eigenvalue weighted by molar-refractivity contribution is 8.01. The third-order valence-corrected chi connectivity index (χ3v) is 9.24. The smallest absolute Gasteiger partial charge is 0.234 e. The van der Waals surface area contributed by atoms with Crippen molar-refractivity contribution in [3.8, 4) is 11.4 Å². The molecule has 0 aliphatic heterocycles. The molecule has 0 aliphatic rings. The lowest BCUT2D eigenvalue weighted by molar-refractivity contribution is -0.114. The monoisotopic (exact) mass is 574 g/mol. The predicted octanol–water partition coefficient (Wildman–Crippen LogP) is 6.17. The summed E-state index contributed by atoms with van der Waals surface area (Å²) < 4.78 is 3.63. The average Bonchev–Trinajstić information content (AvgIpc) is 3.51. The van der Waals surface area contributed by atoms with E-state index in [0.29, 0.717) is 10.8 Å². The maximum atomic E-state index is 12.6. The molecule has 8 nitrogen and oxygen atoms in total. The minimum absolute atomic E-state index is 0.0720. The quantitative estimate of drug-likeness (QED) is 0.203. The van der Waals surface area contributed by atoms with Crippen LogP contribution in [0.15, 0.2) is 76.2 Å². The summed E-state index contributed by atoms with van der Waals surface area (Å²) >= 11 is 4.23. The van der Waals surface area contributed by atoms with Crippen molar-refractivity contribution in [1.82, 2.24) is 19.7 Å². The lowest BCUT2D eigenvalue weighted by Gasteiger charge is -2.09. The standard InChI is InChI=1S/C28H26N6O2S3/c1-17-8-7-11-21(18(17)2)30-25(36)16-38-28-31-22-13-12-20(14-23(22)39-28)29-24(35)15-37-27-33-32-26(34(27)3)19-9-5-4-6-10-19/h4-14H,15-16H2,1-3H3,(H,29,35)(H,30,36). The molecular weight excluding hydrogens is 549 g/mol. The van der Waals surface area contributed by atoms with Crippen molar-refractivity contribution in [3.63, 3.8) is 0 Å². The van der Waals surface area contributed by atoms with Crippen molar-refractivity contribution in [2.75, 3.05) is 22.1 Å². The fourth-order valence-electron chi connectivity index (χ4n) is 3.85. The van der Waals surface area contributed by atoms with Gasteiger partial charge in [-0.1, -0.05) is 66.0 Å². The molecule has 0 atom stereocenters.